The average molecular weight is 425 g/mol. The number of ether oxygens (including phenoxy) is 1. The number of halogens is 2. The molecule has 1 aromatic carbocycles. The van der Waals surface area contributed by atoms with Crippen molar-refractivity contribution in [2.24, 2.45) is 0 Å². The first-order valence-electron chi connectivity index (χ1n) is 7.79. The van der Waals surface area contributed by atoms with E-state index in [1.807, 2.05) is 17.5 Å². The van der Waals surface area contributed by atoms with Crippen LogP contribution in [0.1, 0.15) is 16.1 Å². The van der Waals surface area contributed by atoms with Crippen LogP contribution in [0, 0.1) is 5.82 Å². The Morgan fingerprint density at radius 1 is 1.26 bits per heavy atom. The molecular weight excluding hydrogens is 411 g/mol. The van der Waals surface area contributed by atoms with Gasteiger partial charge in [-0.2, -0.15) is 0 Å². The standard InChI is InChI=1S/C18H14ClFN2O3S2/c1-22(8-11-12(19)4-2-5-13(11)20)16(23)9-25-18(24)14-10-27-17(21-14)15-6-3-7-26-15/h2-7,10H,8-9H2,1H3. The summed E-state index contributed by atoms with van der Waals surface area (Å²) in [4.78, 5) is 30.7. The van der Waals surface area contributed by atoms with Crippen LogP contribution >= 0.6 is 34.3 Å². The predicted octanol–water partition coefficient (Wildman–Crippen LogP) is 4.48. The first-order valence-corrected chi connectivity index (χ1v) is 9.93. The van der Waals surface area contributed by atoms with Crippen LogP contribution in [0.5, 0.6) is 0 Å². The zero-order chi connectivity index (χ0) is 19.4. The molecule has 0 aliphatic rings. The molecule has 140 valence electrons. The number of hydrogen-bond acceptors (Lipinski definition) is 6. The van der Waals surface area contributed by atoms with Gasteiger partial charge < -0.3 is 9.64 Å². The number of rotatable bonds is 6. The van der Waals surface area contributed by atoms with Gasteiger partial charge in [-0.05, 0) is 23.6 Å². The molecule has 0 saturated heterocycles. The number of esters is 1. The number of aromatic nitrogens is 1. The van der Waals surface area contributed by atoms with Crippen LogP contribution < -0.4 is 0 Å². The summed E-state index contributed by atoms with van der Waals surface area (Å²) in [5, 5.41) is 4.46. The Hall–Kier alpha value is -2.29. The highest BCUT2D eigenvalue weighted by molar-refractivity contribution is 7.20. The topological polar surface area (TPSA) is 59.5 Å². The summed E-state index contributed by atoms with van der Waals surface area (Å²) >= 11 is 8.81. The number of carbonyl (C=O) groups excluding carboxylic acids is 2. The molecule has 0 unspecified atom stereocenters. The Morgan fingerprint density at radius 2 is 2.07 bits per heavy atom. The van der Waals surface area contributed by atoms with Crippen LogP contribution in [0.2, 0.25) is 5.02 Å². The van der Waals surface area contributed by atoms with Gasteiger partial charge in [0.25, 0.3) is 5.91 Å². The highest BCUT2D eigenvalue weighted by Crippen LogP contribution is 2.28. The largest absolute Gasteiger partial charge is 0.451 e. The van der Waals surface area contributed by atoms with Crippen LogP contribution in [-0.4, -0.2) is 35.4 Å². The van der Waals surface area contributed by atoms with Crippen LogP contribution in [0.4, 0.5) is 4.39 Å². The number of thiazole rings is 1. The summed E-state index contributed by atoms with van der Waals surface area (Å²) in [5.41, 5.74) is 0.359. The molecule has 0 aliphatic carbocycles. The zero-order valence-corrected chi connectivity index (χ0v) is 16.5. The van der Waals surface area contributed by atoms with E-state index < -0.39 is 24.3 Å². The van der Waals surface area contributed by atoms with Crippen LogP contribution in [0.25, 0.3) is 9.88 Å². The van der Waals surface area contributed by atoms with E-state index in [0.29, 0.717) is 0 Å². The lowest BCUT2D eigenvalue weighted by molar-refractivity contribution is -0.133. The molecule has 2 heterocycles. The van der Waals surface area contributed by atoms with Gasteiger partial charge in [-0.25, -0.2) is 14.2 Å². The van der Waals surface area contributed by atoms with E-state index in [1.165, 1.54) is 46.8 Å². The lowest BCUT2D eigenvalue weighted by atomic mass is 10.2. The number of thiophene rings is 1. The minimum atomic E-state index is -0.681. The number of carbonyl (C=O) groups is 2. The van der Waals surface area contributed by atoms with E-state index in [0.717, 1.165) is 9.88 Å². The second kappa shape index (κ2) is 8.60. The second-order valence-corrected chi connectivity index (χ2v) is 7.75. The van der Waals surface area contributed by atoms with Crippen LogP contribution in [0.15, 0.2) is 41.1 Å². The van der Waals surface area contributed by atoms with Crippen molar-refractivity contribution in [3.05, 3.63) is 63.2 Å². The maximum absolute atomic E-state index is 13.8. The van der Waals surface area contributed by atoms with E-state index in [4.69, 9.17) is 16.3 Å². The molecule has 0 bridgehead atoms. The minimum absolute atomic E-state index is 0.0267. The molecule has 0 spiro atoms. The fourth-order valence-corrected chi connectivity index (χ4v) is 4.03. The third-order valence-corrected chi connectivity index (χ3v) is 5.89. The van der Waals surface area contributed by atoms with E-state index in [2.05, 4.69) is 4.98 Å². The Kier molecular flexibility index (Phi) is 6.20. The van der Waals surface area contributed by atoms with Gasteiger partial charge in [0, 0.05) is 29.6 Å². The van der Waals surface area contributed by atoms with Crippen molar-refractivity contribution >= 4 is 46.2 Å². The molecule has 5 nitrogen and oxygen atoms in total. The van der Waals surface area contributed by atoms with E-state index in [-0.39, 0.29) is 22.8 Å². The van der Waals surface area contributed by atoms with Gasteiger partial charge in [-0.1, -0.05) is 23.7 Å². The lowest BCUT2D eigenvalue weighted by Gasteiger charge is -2.18. The van der Waals surface area contributed by atoms with Crippen molar-refractivity contribution in [1.29, 1.82) is 0 Å². The van der Waals surface area contributed by atoms with E-state index >= 15 is 0 Å². The highest BCUT2D eigenvalue weighted by Gasteiger charge is 2.18. The van der Waals surface area contributed by atoms with Gasteiger partial charge >= 0.3 is 5.97 Å². The molecule has 0 radical (unpaired) electrons. The quantitative estimate of drug-likeness (QED) is 0.547. The average Bonchev–Trinajstić information content (AvgIpc) is 3.33. The lowest BCUT2D eigenvalue weighted by Crippen LogP contribution is -2.31. The Bertz CT molecular complexity index is 939. The summed E-state index contributed by atoms with van der Waals surface area (Å²) in [6.07, 6.45) is 0. The minimum Gasteiger partial charge on any atom is -0.451 e. The van der Waals surface area contributed by atoms with Crippen molar-refractivity contribution in [3.8, 4) is 9.88 Å². The molecular formula is C18H14ClFN2O3S2. The van der Waals surface area contributed by atoms with Gasteiger partial charge in [-0.15, -0.1) is 22.7 Å². The SMILES string of the molecule is CN(Cc1c(F)cccc1Cl)C(=O)COC(=O)c1csc(-c2cccs2)n1. The van der Waals surface area contributed by atoms with Crippen molar-refractivity contribution < 1.29 is 18.7 Å². The molecule has 0 N–H and O–H groups in total. The van der Waals surface area contributed by atoms with Crippen molar-refractivity contribution in [1.82, 2.24) is 9.88 Å². The number of hydrogen-bond donors (Lipinski definition) is 0. The van der Waals surface area contributed by atoms with Crippen LogP contribution in [0.3, 0.4) is 0 Å². The van der Waals surface area contributed by atoms with Crippen molar-refractivity contribution in [2.75, 3.05) is 13.7 Å². The fourth-order valence-electron chi connectivity index (χ4n) is 2.20. The molecule has 2 aromatic heterocycles. The number of amides is 1. The fraction of sp³-hybridized carbons (Fsp3) is 0.167. The normalized spacial score (nSPS) is 10.6. The molecule has 0 fully saturated rings. The molecule has 0 saturated carbocycles. The third kappa shape index (κ3) is 4.71. The van der Waals surface area contributed by atoms with Gasteiger partial charge in [0.2, 0.25) is 0 Å². The summed E-state index contributed by atoms with van der Waals surface area (Å²) < 4.78 is 18.8. The Balaban J connectivity index is 1.56. The maximum atomic E-state index is 13.8. The summed E-state index contributed by atoms with van der Waals surface area (Å²) in [6, 6.07) is 8.11. The van der Waals surface area contributed by atoms with Gasteiger partial charge in [0.1, 0.15) is 10.8 Å². The van der Waals surface area contributed by atoms with Crippen molar-refractivity contribution in [3.63, 3.8) is 0 Å². The zero-order valence-electron chi connectivity index (χ0n) is 14.1. The highest BCUT2D eigenvalue weighted by atomic mass is 35.5. The summed E-state index contributed by atoms with van der Waals surface area (Å²) in [5.74, 6) is -1.65. The molecule has 3 aromatic rings. The molecule has 27 heavy (non-hydrogen) atoms. The molecule has 0 atom stereocenters. The summed E-state index contributed by atoms with van der Waals surface area (Å²) in [6.45, 7) is -0.492. The molecule has 9 heteroatoms. The second-order valence-electron chi connectivity index (χ2n) is 5.54. The Morgan fingerprint density at radius 3 is 2.78 bits per heavy atom. The number of likely N-dealkylation sites (N-methyl/N-ethyl adjacent to an activating group) is 1. The molecule has 1 amide bonds. The smallest absolute Gasteiger partial charge is 0.358 e. The third-order valence-electron chi connectivity index (χ3n) is 3.65. The first kappa shape index (κ1) is 19.5. The number of nitrogens with zero attached hydrogens (tertiary/aromatic N) is 2. The molecule has 3 rings (SSSR count). The maximum Gasteiger partial charge on any atom is 0.358 e. The van der Waals surface area contributed by atoms with E-state index in [9.17, 15) is 14.0 Å². The number of benzene rings is 1. The first-order chi connectivity index (χ1) is 13.0. The monoisotopic (exact) mass is 424 g/mol. The summed E-state index contributed by atoms with van der Waals surface area (Å²) in [7, 11) is 1.48. The van der Waals surface area contributed by atoms with Crippen molar-refractivity contribution in [2.45, 2.75) is 6.54 Å². The van der Waals surface area contributed by atoms with Gasteiger partial charge in [-0.3, -0.25) is 4.79 Å². The van der Waals surface area contributed by atoms with Gasteiger partial charge in [0.15, 0.2) is 12.3 Å². The van der Waals surface area contributed by atoms with E-state index in [1.54, 1.807) is 11.4 Å². The van der Waals surface area contributed by atoms with Crippen LogP contribution in [-0.2, 0) is 16.1 Å². The molecule has 0 aliphatic heterocycles. The Labute approximate surface area is 168 Å². The predicted molar refractivity (Wildman–Crippen MR) is 104 cm³/mol. The van der Waals surface area contributed by atoms with Gasteiger partial charge in [0.05, 0.1) is 4.88 Å².